The number of fused-ring (bicyclic) bond motifs is 1. The molecular weight excluding hydrogens is 443 g/mol. The first-order chi connectivity index (χ1) is 14.9. The summed E-state index contributed by atoms with van der Waals surface area (Å²) in [6, 6.07) is 14.3. The number of hydrogen-bond acceptors (Lipinski definition) is 5. The van der Waals surface area contributed by atoms with Gasteiger partial charge in [-0.25, -0.2) is 27.5 Å². The molecule has 0 atom stereocenters. The number of benzene rings is 2. The third-order valence-electron chi connectivity index (χ3n) is 4.73. The van der Waals surface area contributed by atoms with Crippen LogP contribution in [0.5, 0.6) is 5.75 Å². The second kappa shape index (κ2) is 8.62. The summed E-state index contributed by atoms with van der Waals surface area (Å²) >= 11 is 5.73. The SMILES string of the molecule is COc1ccccc1Cn1c(CNS(=O)(=O)c2ccc(F)c(Cl)c2)nc2cccnc21. The highest BCUT2D eigenvalue weighted by Crippen LogP contribution is 2.23. The lowest BCUT2D eigenvalue weighted by Crippen LogP contribution is -2.25. The van der Waals surface area contributed by atoms with Gasteiger partial charge in [0, 0.05) is 11.8 Å². The molecular formula is C21H18ClFN4O3S. The fraction of sp³-hybridized carbons (Fsp3) is 0.143. The van der Waals surface area contributed by atoms with Gasteiger partial charge in [-0.2, -0.15) is 0 Å². The predicted molar refractivity (Wildman–Crippen MR) is 115 cm³/mol. The van der Waals surface area contributed by atoms with Crippen molar-refractivity contribution < 1.29 is 17.5 Å². The number of pyridine rings is 1. The summed E-state index contributed by atoms with van der Waals surface area (Å²) < 4.78 is 48.5. The molecule has 0 aliphatic carbocycles. The maximum Gasteiger partial charge on any atom is 0.241 e. The molecule has 0 spiro atoms. The highest BCUT2D eigenvalue weighted by molar-refractivity contribution is 7.89. The number of sulfonamides is 1. The van der Waals surface area contributed by atoms with Gasteiger partial charge >= 0.3 is 0 Å². The van der Waals surface area contributed by atoms with Gasteiger partial charge in [-0.05, 0) is 36.4 Å². The van der Waals surface area contributed by atoms with Crippen LogP contribution in [0.1, 0.15) is 11.4 Å². The van der Waals surface area contributed by atoms with Gasteiger partial charge in [-0.1, -0.05) is 29.8 Å². The van der Waals surface area contributed by atoms with Gasteiger partial charge in [0.05, 0.1) is 30.1 Å². The number of halogens is 2. The lowest BCUT2D eigenvalue weighted by Gasteiger charge is -2.13. The van der Waals surface area contributed by atoms with Crippen molar-refractivity contribution in [2.75, 3.05) is 7.11 Å². The van der Waals surface area contributed by atoms with Gasteiger partial charge in [-0.15, -0.1) is 0 Å². The molecule has 1 N–H and O–H groups in total. The summed E-state index contributed by atoms with van der Waals surface area (Å²) in [5, 5.41) is -0.268. The summed E-state index contributed by atoms with van der Waals surface area (Å²) in [5.41, 5.74) is 2.15. The molecule has 2 aromatic carbocycles. The number of imidazole rings is 1. The van der Waals surface area contributed by atoms with E-state index in [1.54, 1.807) is 25.4 Å². The molecule has 0 saturated heterocycles. The number of aromatic nitrogens is 3. The van der Waals surface area contributed by atoms with E-state index in [1.807, 2.05) is 28.8 Å². The topological polar surface area (TPSA) is 86.1 Å². The van der Waals surface area contributed by atoms with Crippen LogP contribution in [0, 0.1) is 5.82 Å². The fourth-order valence-electron chi connectivity index (χ4n) is 3.20. The molecule has 0 aliphatic rings. The molecule has 0 bridgehead atoms. The Kier molecular flexibility index (Phi) is 5.90. The number of nitrogens with zero attached hydrogens (tertiary/aromatic N) is 3. The predicted octanol–water partition coefficient (Wildman–Crippen LogP) is 3.76. The quantitative estimate of drug-likeness (QED) is 0.454. The zero-order valence-electron chi connectivity index (χ0n) is 16.4. The minimum Gasteiger partial charge on any atom is -0.496 e. The lowest BCUT2D eigenvalue weighted by atomic mass is 10.2. The standard InChI is InChI=1S/C21H18ClFN4O3S/c1-30-19-7-3-2-5-14(19)13-27-20(26-18-6-4-10-24-21(18)27)12-25-31(28,29)15-8-9-17(23)16(22)11-15/h2-11,25H,12-13H2,1H3. The molecule has 0 fully saturated rings. The molecule has 0 unspecified atom stereocenters. The number of hydrogen-bond donors (Lipinski definition) is 1. The minimum absolute atomic E-state index is 0.0944. The van der Waals surface area contributed by atoms with Crippen molar-refractivity contribution in [2.24, 2.45) is 0 Å². The third-order valence-corrected chi connectivity index (χ3v) is 6.41. The molecule has 0 amide bonds. The number of para-hydroxylation sites is 1. The number of nitrogens with one attached hydrogen (secondary N) is 1. The van der Waals surface area contributed by atoms with E-state index in [0.717, 1.165) is 23.8 Å². The lowest BCUT2D eigenvalue weighted by molar-refractivity contribution is 0.408. The first-order valence-corrected chi connectivity index (χ1v) is 11.1. The van der Waals surface area contributed by atoms with Crippen molar-refractivity contribution in [3.05, 3.63) is 83.0 Å². The Morgan fingerprint density at radius 3 is 2.74 bits per heavy atom. The van der Waals surface area contributed by atoms with Crippen molar-refractivity contribution in [2.45, 2.75) is 18.0 Å². The Labute approximate surface area is 183 Å². The van der Waals surface area contributed by atoms with E-state index in [2.05, 4.69) is 14.7 Å². The molecule has 4 rings (SSSR count). The van der Waals surface area contributed by atoms with Gasteiger partial charge in [0.15, 0.2) is 5.65 Å². The zero-order valence-corrected chi connectivity index (χ0v) is 18.0. The molecule has 160 valence electrons. The monoisotopic (exact) mass is 460 g/mol. The zero-order chi connectivity index (χ0) is 22.0. The van der Waals surface area contributed by atoms with Crippen LogP contribution in [-0.2, 0) is 23.1 Å². The van der Waals surface area contributed by atoms with Crippen LogP contribution in [0.2, 0.25) is 5.02 Å². The van der Waals surface area contributed by atoms with Gasteiger partial charge in [0.25, 0.3) is 0 Å². The number of ether oxygens (including phenoxy) is 1. The molecule has 0 aliphatic heterocycles. The second-order valence-electron chi connectivity index (χ2n) is 6.67. The van der Waals surface area contributed by atoms with Crippen LogP contribution in [-0.4, -0.2) is 30.1 Å². The largest absolute Gasteiger partial charge is 0.496 e. The van der Waals surface area contributed by atoms with E-state index < -0.39 is 15.8 Å². The molecule has 2 heterocycles. The highest BCUT2D eigenvalue weighted by Gasteiger charge is 2.19. The Bertz CT molecular complexity index is 1360. The van der Waals surface area contributed by atoms with Crippen LogP contribution in [0.25, 0.3) is 11.2 Å². The van der Waals surface area contributed by atoms with Crippen molar-refractivity contribution in [1.29, 1.82) is 0 Å². The maximum atomic E-state index is 13.4. The minimum atomic E-state index is -3.94. The molecule has 4 aromatic rings. The van der Waals surface area contributed by atoms with E-state index in [4.69, 9.17) is 16.3 Å². The van der Waals surface area contributed by atoms with Crippen molar-refractivity contribution in [3.8, 4) is 5.75 Å². The second-order valence-corrected chi connectivity index (χ2v) is 8.85. The Hall–Kier alpha value is -3.01. The van der Waals surface area contributed by atoms with E-state index in [1.165, 1.54) is 0 Å². The molecule has 31 heavy (non-hydrogen) atoms. The summed E-state index contributed by atoms with van der Waals surface area (Å²) in [7, 11) is -2.35. The molecule has 7 nitrogen and oxygen atoms in total. The Morgan fingerprint density at radius 2 is 1.97 bits per heavy atom. The van der Waals surface area contributed by atoms with Crippen LogP contribution in [0.3, 0.4) is 0 Å². The van der Waals surface area contributed by atoms with E-state index in [0.29, 0.717) is 29.3 Å². The third kappa shape index (κ3) is 4.39. The van der Waals surface area contributed by atoms with E-state index in [9.17, 15) is 12.8 Å². The number of rotatable bonds is 7. The first kappa shape index (κ1) is 21.2. The summed E-state index contributed by atoms with van der Waals surface area (Å²) in [6.45, 7) is 0.291. The van der Waals surface area contributed by atoms with Crippen LogP contribution in [0.15, 0.2) is 65.7 Å². The average Bonchev–Trinajstić information content (AvgIpc) is 3.12. The van der Waals surface area contributed by atoms with Crippen LogP contribution >= 0.6 is 11.6 Å². The Balaban J connectivity index is 1.67. The summed E-state index contributed by atoms with van der Waals surface area (Å²) in [6.07, 6.45) is 1.65. The average molecular weight is 461 g/mol. The highest BCUT2D eigenvalue weighted by atomic mass is 35.5. The van der Waals surface area contributed by atoms with Crippen LogP contribution < -0.4 is 9.46 Å². The summed E-state index contributed by atoms with van der Waals surface area (Å²) in [4.78, 5) is 8.81. The maximum absolute atomic E-state index is 13.4. The number of methoxy groups -OCH3 is 1. The fourth-order valence-corrected chi connectivity index (χ4v) is 4.45. The molecule has 2 aromatic heterocycles. The normalized spacial score (nSPS) is 11.7. The smallest absolute Gasteiger partial charge is 0.241 e. The first-order valence-electron chi connectivity index (χ1n) is 9.26. The molecule has 10 heteroatoms. The van der Waals surface area contributed by atoms with Gasteiger partial charge < -0.3 is 9.30 Å². The van der Waals surface area contributed by atoms with Crippen LogP contribution in [0.4, 0.5) is 4.39 Å². The van der Waals surface area contributed by atoms with E-state index in [-0.39, 0.29) is 16.5 Å². The van der Waals surface area contributed by atoms with Gasteiger partial charge in [0.1, 0.15) is 22.9 Å². The van der Waals surface area contributed by atoms with Gasteiger partial charge in [0.2, 0.25) is 10.0 Å². The molecule has 0 saturated carbocycles. The molecule has 0 radical (unpaired) electrons. The van der Waals surface area contributed by atoms with Crippen molar-refractivity contribution in [1.82, 2.24) is 19.3 Å². The van der Waals surface area contributed by atoms with Gasteiger partial charge in [-0.3, -0.25) is 0 Å². The van der Waals surface area contributed by atoms with E-state index >= 15 is 0 Å². The van der Waals surface area contributed by atoms with Crippen molar-refractivity contribution in [3.63, 3.8) is 0 Å². The Morgan fingerprint density at radius 1 is 1.16 bits per heavy atom. The van der Waals surface area contributed by atoms with Crippen molar-refractivity contribution >= 4 is 32.8 Å². The summed E-state index contributed by atoms with van der Waals surface area (Å²) in [5.74, 6) is 0.481.